The molecule has 0 aromatic heterocycles. The SMILES string of the molecule is C[C@@H](CCCCNC(=O)OC(C)(C)C)Nc1c([N+](=O)[O-])ccc(Cl)c1C(=O)N(C)C. The number of ether oxygens (including phenoxy) is 1. The molecule has 0 saturated carbocycles. The maximum Gasteiger partial charge on any atom is 0.407 e. The Balaban J connectivity index is 2.73. The van der Waals surface area contributed by atoms with E-state index in [4.69, 9.17) is 16.3 Å². The molecular weight excluding hydrogens is 412 g/mol. The van der Waals surface area contributed by atoms with Crippen molar-refractivity contribution >= 4 is 35.0 Å². The van der Waals surface area contributed by atoms with Crippen LogP contribution in [0.4, 0.5) is 16.2 Å². The zero-order valence-corrected chi connectivity index (χ0v) is 19.1. The molecule has 1 aromatic carbocycles. The van der Waals surface area contributed by atoms with Gasteiger partial charge >= 0.3 is 6.09 Å². The number of alkyl carbamates (subject to hydrolysis) is 1. The molecule has 10 heteroatoms. The molecule has 168 valence electrons. The number of nitrogens with zero attached hydrogens (tertiary/aromatic N) is 2. The molecule has 0 unspecified atom stereocenters. The Morgan fingerprint density at radius 1 is 1.27 bits per heavy atom. The van der Waals surface area contributed by atoms with Crippen molar-refractivity contribution in [3.05, 3.63) is 32.8 Å². The predicted molar refractivity (Wildman–Crippen MR) is 117 cm³/mol. The summed E-state index contributed by atoms with van der Waals surface area (Å²) in [6.07, 6.45) is 1.69. The minimum atomic E-state index is -0.546. The number of nitro groups is 1. The quantitative estimate of drug-likeness (QED) is 0.332. The standard InChI is InChI=1S/C20H31ClN4O5/c1-13(9-7-8-12-22-19(27)30-20(2,3)4)23-17-15(25(28)29)11-10-14(21)16(17)18(26)24(5)6/h10-11,13,23H,7-9,12H2,1-6H3,(H,22,27)/t13-/m0/s1. The fraction of sp³-hybridized carbons (Fsp3) is 0.600. The van der Waals surface area contributed by atoms with Crippen molar-refractivity contribution in [1.82, 2.24) is 10.2 Å². The summed E-state index contributed by atoms with van der Waals surface area (Å²) in [6, 6.07) is 2.49. The number of nitrogens with one attached hydrogen (secondary N) is 2. The van der Waals surface area contributed by atoms with Crippen molar-refractivity contribution in [1.29, 1.82) is 0 Å². The van der Waals surface area contributed by atoms with Crippen molar-refractivity contribution in [2.24, 2.45) is 0 Å². The van der Waals surface area contributed by atoms with Gasteiger partial charge in [0.1, 0.15) is 11.3 Å². The first-order valence-electron chi connectivity index (χ1n) is 9.75. The highest BCUT2D eigenvalue weighted by molar-refractivity contribution is 6.35. The van der Waals surface area contributed by atoms with E-state index in [1.807, 2.05) is 6.92 Å². The Hall–Kier alpha value is -2.55. The number of rotatable bonds is 9. The van der Waals surface area contributed by atoms with Gasteiger partial charge in [-0.25, -0.2) is 4.79 Å². The fourth-order valence-electron chi connectivity index (χ4n) is 2.70. The number of nitro benzene ring substituents is 1. The monoisotopic (exact) mass is 442 g/mol. The Kier molecular flexibility index (Phi) is 9.35. The average molecular weight is 443 g/mol. The molecule has 0 radical (unpaired) electrons. The minimum absolute atomic E-state index is 0.0781. The van der Waals surface area contributed by atoms with Crippen LogP contribution < -0.4 is 10.6 Å². The van der Waals surface area contributed by atoms with Gasteiger partial charge in [0.2, 0.25) is 0 Å². The lowest BCUT2D eigenvalue weighted by Gasteiger charge is -2.21. The Morgan fingerprint density at radius 2 is 1.90 bits per heavy atom. The predicted octanol–water partition coefficient (Wildman–Crippen LogP) is 4.45. The van der Waals surface area contributed by atoms with Gasteiger partial charge in [0.05, 0.1) is 15.5 Å². The van der Waals surface area contributed by atoms with Crippen LogP contribution in [-0.2, 0) is 4.74 Å². The number of hydrogen-bond acceptors (Lipinski definition) is 6. The van der Waals surface area contributed by atoms with Crippen LogP contribution in [0.2, 0.25) is 5.02 Å². The summed E-state index contributed by atoms with van der Waals surface area (Å²) in [5.41, 5.74) is -0.557. The van der Waals surface area contributed by atoms with Crippen LogP contribution in [0.3, 0.4) is 0 Å². The van der Waals surface area contributed by atoms with Gasteiger partial charge in [0, 0.05) is 32.7 Å². The van der Waals surface area contributed by atoms with Crippen molar-refractivity contribution in [3.8, 4) is 0 Å². The number of anilines is 1. The largest absolute Gasteiger partial charge is 0.444 e. The highest BCUT2D eigenvalue weighted by Crippen LogP contribution is 2.35. The van der Waals surface area contributed by atoms with Crippen LogP contribution in [0.5, 0.6) is 0 Å². The molecular formula is C20H31ClN4O5. The average Bonchev–Trinajstić information content (AvgIpc) is 2.59. The molecule has 2 amide bonds. The van der Waals surface area contributed by atoms with Gasteiger partial charge in [0.15, 0.2) is 0 Å². The molecule has 0 bridgehead atoms. The van der Waals surface area contributed by atoms with Crippen molar-refractivity contribution < 1.29 is 19.2 Å². The molecule has 0 aliphatic heterocycles. The summed E-state index contributed by atoms with van der Waals surface area (Å²) in [5.74, 6) is -0.417. The third-order valence-electron chi connectivity index (χ3n) is 4.07. The van der Waals surface area contributed by atoms with Crippen LogP contribution in [-0.4, -0.2) is 54.1 Å². The second-order valence-corrected chi connectivity index (χ2v) is 8.65. The third-order valence-corrected chi connectivity index (χ3v) is 4.39. The highest BCUT2D eigenvalue weighted by atomic mass is 35.5. The van der Waals surface area contributed by atoms with E-state index in [0.29, 0.717) is 19.4 Å². The first kappa shape index (κ1) is 25.5. The molecule has 1 rings (SSSR count). The number of halogens is 1. The zero-order chi connectivity index (χ0) is 23.1. The van der Waals surface area contributed by atoms with E-state index in [0.717, 1.165) is 6.42 Å². The van der Waals surface area contributed by atoms with Crippen molar-refractivity contribution in [2.75, 3.05) is 26.0 Å². The smallest absolute Gasteiger partial charge is 0.407 e. The maximum absolute atomic E-state index is 12.5. The molecule has 30 heavy (non-hydrogen) atoms. The second-order valence-electron chi connectivity index (χ2n) is 8.24. The summed E-state index contributed by atoms with van der Waals surface area (Å²) in [6.45, 7) is 7.72. The topological polar surface area (TPSA) is 114 Å². The summed E-state index contributed by atoms with van der Waals surface area (Å²) in [5, 5.41) is 17.4. The summed E-state index contributed by atoms with van der Waals surface area (Å²) in [4.78, 5) is 36.4. The summed E-state index contributed by atoms with van der Waals surface area (Å²) in [7, 11) is 3.12. The Morgan fingerprint density at radius 3 is 2.43 bits per heavy atom. The van der Waals surface area contributed by atoms with E-state index < -0.39 is 22.5 Å². The fourth-order valence-corrected chi connectivity index (χ4v) is 2.93. The molecule has 2 N–H and O–H groups in total. The van der Waals surface area contributed by atoms with Crippen LogP contribution >= 0.6 is 11.6 Å². The number of carbonyl (C=O) groups is 2. The van der Waals surface area contributed by atoms with Gasteiger partial charge < -0.3 is 20.3 Å². The van der Waals surface area contributed by atoms with Crippen LogP contribution in [0.1, 0.15) is 57.3 Å². The van der Waals surface area contributed by atoms with Gasteiger partial charge in [-0.15, -0.1) is 0 Å². The van der Waals surface area contributed by atoms with Gasteiger partial charge in [-0.2, -0.15) is 0 Å². The molecule has 0 spiro atoms. The minimum Gasteiger partial charge on any atom is -0.444 e. The molecule has 0 aliphatic carbocycles. The van der Waals surface area contributed by atoms with Crippen LogP contribution in [0.15, 0.2) is 12.1 Å². The van der Waals surface area contributed by atoms with E-state index in [9.17, 15) is 19.7 Å². The number of carbonyl (C=O) groups excluding carboxylic acids is 2. The molecule has 9 nitrogen and oxygen atoms in total. The lowest BCUT2D eigenvalue weighted by Crippen LogP contribution is -2.33. The molecule has 0 saturated heterocycles. The van der Waals surface area contributed by atoms with E-state index in [2.05, 4.69) is 10.6 Å². The van der Waals surface area contributed by atoms with Gasteiger partial charge in [-0.1, -0.05) is 11.6 Å². The zero-order valence-electron chi connectivity index (χ0n) is 18.4. The number of benzene rings is 1. The van der Waals surface area contributed by atoms with E-state index >= 15 is 0 Å². The first-order chi connectivity index (χ1) is 13.8. The first-order valence-corrected chi connectivity index (χ1v) is 10.1. The molecule has 1 aromatic rings. The van der Waals surface area contributed by atoms with E-state index in [1.54, 1.807) is 34.9 Å². The molecule has 0 heterocycles. The van der Waals surface area contributed by atoms with Gasteiger partial charge in [0.25, 0.3) is 11.6 Å². The van der Waals surface area contributed by atoms with Gasteiger partial charge in [-0.3, -0.25) is 14.9 Å². The highest BCUT2D eigenvalue weighted by Gasteiger charge is 2.27. The van der Waals surface area contributed by atoms with E-state index in [1.165, 1.54) is 17.0 Å². The van der Waals surface area contributed by atoms with E-state index in [-0.39, 0.29) is 28.0 Å². The lowest BCUT2D eigenvalue weighted by atomic mass is 10.1. The summed E-state index contributed by atoms with van der Waals surface area (Å²) < 4.78 is 5.17. The van der Waals surface area contributed by atoms with Crippen molar-refractivity contribution in [2.45, 2.75) is 58.6 Å². The second kappa shape index (κ2) is 11.0. The normalized spacial score (nSPS) is 12.1. The maximum atomic E-state index is 12.5. The Labute approximate surface area is 182 Å². The lowest BCUT2D eigenvalue weighted by molar-refractivity contribution is -0.384. The summed E-state index contributed by atoms with van der Waals surface area (Å²) >= 11 is 6.19. The number of amides is 2. The third kappa shape index (κ3) is 8.06. The Bertz CT molecular complexity index is 777. The van der Waals surface area contributed by atoms with Crippen LogP contribution in [0.25, 0.3) is 0 Å². The molecule has 0 aliphatic rings. The number of unbranched alkanes of at least 4 members (excludes halogenated alkanes) is 1. The van der Waals surface area contributed by atoms with Gasteiger partial charge in [-0.05, 0) is 53.0 Å². The molecule has 0 fully saturated rings. The van der Waals surface area contributed by atoms with Crippen LogP contribution in [0, 0.1) is 10.1 Å². The van der Waals surface area contributed by atoms with Crippen molar-refractivity contribution in [3.63, 3.8) is 0 Å². The molecule has 1 atom stereocenters. The number of hydrogen-bond donors (Lipinski definition) is 2.